The maximum atomic E-state index is 10.7. The van der Waals surface area contributed by atoms with E-state index in [2.05, 4.69) is 4.98 Å². The number of halogens is 2. The first kappa shape index (κ1) is 10.2. The quantitative estimate of drug-likeness (QED) is 0.834. The Morgan fingerprint density at radius 3 is 2.67 bits per heavy atom. The van der Waals surface area contributed by atoms with E-state index in [4.69, 9.17) is 28.3 Å². The van der Waals surface area contributed by atoms with Gasteiger partial charge in [-0.25, -0.2) is 9.78 Å². The maximum absolute atomic E-state index is 10.7. The fourth-order valence-electron chi connectivity index (χ4n) is 1.31. The van der Waals surface area contributed by atoms with Crippen molar-refractivity contribution in [3.05, 3.63) is 40.0 Å². The van der Waals surface area contributed by atoms with E-state index < -0.39 is 5.97 Å². The molecule has 0 amide bonds. The Morgan fingerprint density at radius 2 is 2.00 bits per heavy atom. The molecule has 0 aliphatic heterocycles. The predicted octanol–water partition coefficient (Wildman–Crippen LogP) is 3.24. The number of rotatable bonds is 1. The molecule has 0 saturated heterocycles. The molecule has 0 saturated carbocycles. The summed E-state index contributed by atoms with van der Waals surface area (Å²) in [6.45, 7) is 0. The number of hydrogen-bond donors (Lipinski definition) is 1. The maximum Gasteiger partial charge on any atom is 0.354 e. The largest absolute Gasteiger partial charge is 0.477 e. The molecule has 0 aliphatic carbocycles. The van der Waals surface area contributed by atoms with Gasteiger partial charge in [0.15, 0.2) is 0 Å². The van der Waals surface area contributed by atoms with Crippen molar-refractivity contribution in [2.24, 2.45) is 0 Å². The minimum absolute atomic E-state index is 0.0882. The van der Waals surface area contributed by atoms with Crippen molar-refractivity contribution in [1.29, 1.82) is 0 Å². The van der Waals surface area contributed by atoms with Crippen LogP contribution in [0.15, 0.2) is 24.3 Å². The second-order valence-corrected chi connectivity index (χ2v) is 3.74. The van der Waals surface area contributed by atoms with E-state index in [1.54, 1.807) is 18.2 Å². The second-order valence-electron chi connectivity index (χ2n) is 2.93. The summed E-state index contributed by atoms with van der Waals surface area (Å²) < 4.78 is 0. The second kappa shape index (κ2) is 3.68. The summed E-state index contributed by atoms with van der Waals surface area (Å²) in [5.41, 5.74) is 0.391. The fraction of sp³-hybridized carbons (Fsp3) is 0. The Bertz CT molecular complexity index is 554. The molecule has 3 nitrogen and oxygen atoms in total. The van der Waals surface area contributed by atoms with Gasteiger partial charge < -0.3 is 5.11 Å². The lowest BCUT2D eigenvalue weighted by atomic mass is 10.2. The van der Waals surface area contributed by atoms with Gasteiger partial charge in [0.1, 0.15) is 5.69 Å². The Kier molecular flexibility index (Phi) is 2.50. The van der Waals surface area contributed by atoms with E-state index >= 15 is 0 Å². The third kappa shape index (κ3) is 1.76. The number of aromatic carboxylic acids is 1. The number of fused-ring (bicyclic) bond motifs is 1. The van der Waals surface area contributed by atoms with Crippen LogP contribution >= 0.6 is 23.2 Å². The SMILES string of the molecule is O=C(O)c1cc(Cl)c2c(Cl)cccc2n1. The number of carbonyl (C=O) groups is 1. The summed E-state index contributed by atoms with van der Waals surface area (Å²) in [4.78, 5) is 14.7. The zero-order chi connectivity index (χ0) is 11.0. The van der Waals surface area contributed by atoms with Gasteiger partial charge in [-0.3, -0.25) is 0 Å². The van der Waals surface area contributed by atoms with Crippen LogP contribution in [0.3, 0.4) is 0 Å². The number of carboxylic acids is 1. The molecular formula is C10H5Cl2NO2. The van der Waals surface area contributed by atoms with Gasteiger partial charge in [0.25, 0.3) is 0 Å². The van der Waals surface area contributed by atoms with Gasteiger partial charge in [-0.05, 0) is 18.2 Å². The van der Waals surface area contributed by atoms with Crippen LogP contribution in [0.5, 0.6) is 0 Å². The first-order valence-corrected chi connectivity index (χ1v) is 4.83. The highest BCUT2D eigenvalue weighted by atomic mass is 35.5. The number of carboxylic acid groups (broad SMARTS) is 1. The highest BCUT2D eigenvalue weighted by molar-refractivity contribution is 6.42. The third-order valence-electron chi connectivity index (χ3n) is 1.95. The van der Waals surface area contributed by atoms with E-state index in [0.29, 0.717) is 20.9 Å². The first-order chi connectivity index (χ1) is 7.09. The smallest absolute Gasteiger partial charge is 0.354 e. The Hall–Kier alpha value is -1.32. The molecule has 76 valence electrons. The number of nitrogens with zero attached hydrogens (tertiary/aromatic N) is 1. The highest BCUT2D eigenvalue weighted by Gasteiger charge is 2.11. The van der Waals surface area contributed by atoms with Crippen LogP contribution in [-0.4, -0.2) is 16.1 Å². The highest BCUT2D eigenvalue weighted by Crippen LogP contribution is 2.29. The summed E-state index contributed by atoms with van der Waals surface area (Å²) in [6.07, 6.45) is 0. The monoisotopic (exact) mass is 241 g/mol. The molecule has 0 bridgehead atoms. The molecular weight excluding hydrogens is 237 g/mol. The van der Waals surface area contributed by atoms with Gasteiger partial charge in [0, 0.05) is 5.39 Å². The number of benzene rings is 1. The lowest BCUT2D eigenvalue weighted by Crippen LogP contribution is -2.00. The van der Waals surface area contributed by atoms with Crippen LogP contribution in [0, 0.1) is 0 Å². The average molecular weight is 242 g/mol. The number of aromatic nitrogens is 1. The average Bonchev–Trinajstić information content (AvgIpc) is 2.17. The van der Waals surface area contributed by atoms with Gasteiger partial charge in [0.2, 0.25) is 0 Å². The van der Waals surface area contributed by atoms with Crippen LogP contribution in [-0.2, 0) is 0 Å². The molecule has 0 radical (unpaired) electrons. The topological polar surface area (TPSA) is 50.2 Å². The van der Waals surface area contributed by atoms with Crippen molar-refractivity contribution >= 4 is 40.1 Å². The van der Waals surface area contributed by atoms with Gasteiger partial charge in [-0.15, -0.1) is 0 Å². The molecule has 0 atom stereocenters. The van der Waals surface area contributed by atoms with Gasteiger partial charge in [-0.1, -0.05) is 29.3 Å². The molecule has 2 rings (SSSR count). The number of hydrogen-bond acceptors (Lipinski definition) is 2. The van der Waals surface area contributed by atoms with Crippen molar-refractivity contribution in [2.75, 3.05) is 0 Å². The molecule has 0 spiro atoms. The van der Waals surface area contributed by atoms with Crippen LogP contribution in [0.2, 0.25) is 10.0 Å². The van der Waals surface area contributed by atoms with E-state index in [0.717, 1.165) is 0 Å². The predicted molar refractivity (Wildman–Crippen MR) is 58.7 cm³/mol. The Labute approximate surface area is 95.3 Å². The standard InChI is InChI=1S/C10H5Cl2NO2/c11-5-2-1-3-7-9(5)6(12)4-8(13-7)10(14)15/h1-4H,(H,14,15). The molecule has 1 aromatic carbocycles. The van der Waals surface area contributed by atoms with Crippen molar-refractivity contribution in [2.45, 2.75) is 0 Å². The van der Waals surface area contributed by atoms with Gasteiger partial charge in [-0.2, -0.15) is 0 Å². The lowest BCUT2D eigenvalue weighted by Gasteiger charge is -2.03. The fourth-order valence-corrected chi connectivity index (χ4v) is 1.93. The van der Waals surface area contributed by atoms with Crippen molar-refractivity contribution in [3.8, 4) is 0 Å². The molecule has 15 heavy (non-hydrogen) atoms. The first-order valence-electron chi connectivity index (χ1n) is 4.07. The minimum Gasteiger partial charge on any atom is -0.477 e. The van der Waals surface area contributed by atoms with E-state index in [9.17, 15) is 4.79 Å². The molecule has 0 fully saturated rings. The molecule has 1 N–H and O–H groups in total. The Balaban J connectivity index is 2.84. The zero-order valence-electron chi connectivity index (χ0n) is 7.37. The normalized spacial score (nSPS) is 10.5. The zero-order valence-corrected chi connectivity index (χ0v) is 8.88. The van der Waals surface area contributed by atoms with Crippen LogP contribution < -0.4 is 0 Å². The van der Waals surface area contributed by atoms with E-state index in [-0.39, 0.29) is 5.69 Å². The van der Waals surface area contributed by atoms with Crippen LogP contribution in [0.1, 0.15) is 10.5 Å². The van der Waals surface area contributed by atoms with Crippen molar-refractivity contribution < 1.29 is 9.90 Å². The minimum atomic E-state index is -1.11. The van der Waals surface area contributed by atoms with Crippen LogP contribution in [0.4, 0.5) is 0 Å². The van der Waals surface area contributed by atoms with E-state index in [1.165, 1.54) is 6.07 Å². The molecule has 0 aliphatic rings. The summed E-state index contributed by atoms with van der Waals surface area (Å²) in [7, 11) is 0. The van der Waals surface area contributed by atoms with Crippen molar-refractivity contribution in [3.63, 3.8) is 0 Å². The molecule has 0 unspecified atom stereocenters. The third-order valence-corrected chi connectivity index (χ3v) is 2.57. The molecule has 1 heterocycles. The molecule has 5 heteroatoms. The van der Waals surface area contributed by atoms with Crippen molar-refractivity contribution in [1.82, 2.24) is 4.98 Å². The number of pyridine rings is 1. The van der Waals surface area contributed by atoms with Gasteiger partial charge >= 0.3 is 5.97 Å². The summed E-state index contributed by atoms with van der Waals surface area (Å²) in [5.74, 6) is -1.11. The lowest BCUT2D eigenvalue weighted by molar-refractivity contribution is 0.0691. The van der Waals surface area contributed by atoms with Crippen LogP contribution in [0.25, 0.3) is 10.9 Å². The Morgan fingerprint density at radius 1 is 1.27 bits per heavy atom. The molecule has 1 aromatic heterocycles. The summed E-state index contributed by atoms with van der Waals surface area (Å²) in [6, 6.07) is 6.33. The summed E-state index contributed by atoms with van der Waals surface area (Å²) in [5, 5.41) is 10.1. The summed E-state index contributed by atoms with van der Waals surface area (Å²) >= 11 is 11.8. The van der Waals surface area contributed by atoms with E-state index in [1.807, 2.05) is 0 Å². The van der Waals surface area contributed by atoms with Gasteiger partial charge in [0.05, 0.1) is 15.6 Å². The molecule has 2 aromatic rings.